The molecule has 106 valence electrons. The van der Waals surface area contributed by atoms with Crippen molar-refractivity contribution in [1.82, 2.24) is 0 Å². The van der Waals surface area contributed by atoms with Crippen LogP contribution in [0.25, 0.3) is 10.8 Å². The normalized spacial score (nSPS) is 12.6. The molecule has 0 aliphatic rings. The molecule has 3 aromatic carbocycles. The lowest BCUT2D eigenvalue weighted by molar-refractivity contribution is 0.222. The third kappa shape index (κ3) is 2.53. The second kappa shape index (κ2) is 5.47. The van der Waals surface area contributed by atoms with Gasteiger partial charge in [-0.15, -0.1) is 0 Å². The molecule has 0 heterocycles. The molecule has 1 N–H and O–H groups in total. The molecule has 0 bridgehead atoms. The highest BCUT2D eigenvalue weighted by Gasteiger charge is 2.17. The minimum absolute atomic E-state index is 0.295. The molecule has 1 unspecified atom stereocenters. The number of aryl methyl sites for hydroxylation is 1. The van der Waals surface area contributed by atoms with Crippen LogP contribution in [0.3, 0.4) is 0 Å². The Labute approximate surface area is 127 Å². The van der Waals surface area contributed by atoms with Gasteiger partial charge in [0, 0.05) is 16.0 Å². The van der Waals surface area contributed by atoms with Crippen molar-refractivity contribution in [3.8, 4) is 0 Å². The number of hydrogen-bond acceptors (Lipinski definition) is 1. The number of fused-ring (bicyclic) bond motifs is 1. The maximum Gasteiger partial charge on any atom is 0.131 e. The van der Waals surface area contributed by atoms with Crippen molar-refractivity contribution in [2.24, 2.45) is 0 Å². The van der Waals surface area contributed by atoms with Crippen molar-refractivity contribution in [3.05, 3.63) is 82.1 Å². The van der Waals surface area contributed by atoms with Crippen molar-refractivity contribution in [2.45, 2.75) is 13.0 Å². The second-order valence-corrected chi connectivity index (χ2v) is 5.52. The van der Waals surface area contributed by atoms with Crippen LogP contribution in [-0.4, -0.2) is 5.11 Å². The molecule has 1 nitrogen and oxygen atoms in total. The first kappa shape index (κ1) is 14.1. The summed E-state index contributed by atoms with van der Waals surface area (Å²) >= 11 is 6.22. The highest BCUT2D eigenvalue weighted by Crippen LogP contribution is 2.33. The fraction of sp³-hybridized carbons (Fsp3) is 0.111. The Balaban J connectivity index is 2.18. The number of aliphatic hydroxyl groups is 1. The number of aliphatic hydroxyl groups excluding tert-OH is 1. The largest absolute Gasteiger partial charge is 0.384 e. The molecule has 0 amide bonds. The van der Waals surface area contributed by atoms with Crippen molar-refractivity contribution < 1.29 is 9.50 Å². The van der Waals surface area contributed by atoms with Gasteiger partial charge in [-0.05, 0) is 35.6 Å². The molecule has 1 atom stereocenters. The molecule has 0 radical (unpaired) electrons. The maximum atomic E-state index is 13.9. The lowest BCUT2D eigenvalue weighted by Gasteiger charge is -2.16. The predicted molar refractivity (Wildman–Crippen MR) is 84.2 cm³/mol. The molecule has 21 heavy (non-hydrogen) atoms. The average Bonchev–Trinajstić information content (AvgIpc) is 2.47. The van der Waals surface area contributed by atoms with E-state index < -0.39 is 6.10 Å². The predicted octanol–water partition coefficient (Wildman–Crippen LogP) is 5.02. The molecule has 0 saturated carbocycles. The van der Waals surface area contributed by atoms with E-state index >= 15 is 0 Å². The van der Waals surface area contributed by atoms with Gasteiger partial charge < -0.3 is 5.11 Å². The van der Waals surface area contributed by atoms with Gasteiger partial charge in [-0.1, -0.05) is 54.1 Å². The van der Waals surface area contributed by atoms with Gasteiger partial charge in [-0.25, -0.2) is 4.39 Å². The van der Waals surface area contributed by atoms with Crippen molar-refractivity contribution in [3.63, 3.8) is 0 Å². The van der Waals surface area contributed by atoms with E-state index in [2.05, 4.69) is 0 Å². The lowest BCUT2D eigenvalue weighted by Crippen LogP contribution is -2.02. The Morgan fingerprint density at radius 1 is 0.952 bits per heavy atom. The summed E-state index contributed by atoms with van der Waals surface area (Å²) in [7, 11) is 0. The van der Waals surface area contributed by atoms with Gasteiger partial charge in [-0.3, -0.25) is 0 Å². The van der Waals surface area contributed by atoms with E-state index in [-0.39, 0.29) is 5.82 Å². The lowest BCUT2D eigenvalue weighted by atomic mass is 9.95. The highest BCUT2D eigenvalue weighted by molar-refractivity contribution is 6.31. The van der Waals surface area contributed by atoms with Crippen LogP contribution in [0.4, 0.5) is 4.39 Å². The Hall–Kier alpha value is -1.90. The first-order valence-electron chi connectivity index (χ1n) is 6.69. The Bertz CT molecular complexity index is 813. The highest BCUT2D eigenvalue weighted by atomic mass is 35.5. The third-order valence-electron chi connectivity index (χ3n) is 3.65. The summed E-state index contributed by atoms with van der Waals surface area (Å²) in [6.07, 6.45) is -0.886. The number of halogens is 2. The first-order valence-corrected chi connectivity index (χ1v) is 7.07. The van der Waals surface area contributed by atoms with Gasteiger partial charge in [0.05, 0.1) is 0 Å². The van der Waals surface area contributed by atoms with Crippen LogP contribution in [0.2, 0.25) is 5.02 Å². The standard InChI is InChI=1S/C18H14ClFO/c1-11-6-7-15(16(19)10-11)18(21)14-8-9-17(20)13-5-3-2-4-12(13)14/h2-10,18,21H,1H3. The van der Waals surface area contributed by atoms with E-state index in [1.807, 2.05) is 25.1 Å². The zero-order chi connectivity index (χ0) is 15.0. The van der Waals surface area contributed by atoms with E-state index in [1.165, 1.54) is 6.07 Å². The topological polar surface area (TPSA) is 20.2 Å². The molecule has 3 heteroatoms. The molecular weight excluding hydrogens is 287 g/mol. The number of hydrogen-bond donors (Lipinski definition) is 1. The number of rotatable bonds is 2. The van der Waals surface area contributed by atoms with Gasteiger partial charge >= 0.3 is 0 Å². The van der Waals surface area contributed by atoms with Crippen LogP contribution >= 0.6 is 11.6 Å². The zero-order valence-corrected chi connectivity index (χ0v) is 12.2. The third-order valence-corrected chi connectivity index (χ3v) is 3.98. The maximum absolute atomic E-state index is 13.9. The fourth-order valence-corrected chi connectivity index (χ4v) is 2.88. The Morgan fingerprint density at radius 3 is 2.33 bits per heavy atom. The van der Waals surface area contributed by atoms with E-state index in [0.29, 0.717) is 26.9 Å². The van der Waals surface area contributed by atoms with Crippen molar-refractivity contribution in [2.75, 3.05) is 0 Å². The molecule has 3 rings (SSSR count). The van der Waals surface area contributed by atoms with Crippen molar-refractivity contribution in [1.29, 1.82) is 0 Å². The Morgan fingerprint density at radius 2 is 1.62 bits per heavy atom. The fourth-order valence-electron chi connectivity index (χ4n) is 2.55. The molecule has 0 saturated heterocycles. The average molecular weight is 301 g/mol. The van der Waals surface area contributed by atoms with Crippen LogP contribution in [-0.2, 0) is 0 Å². The summed E-state index contributed by atoms with van der Waals surface area (Å²) in [4.78, 5) is 0. The summed E-state index contributed by atoms with van der Waals surface area (Å²) in [5, 5.41) is 12.3. The minimum atomic E-state index is -0.886. The Kier molecular flexibility index (Phi) is 3.66. The summed E-state index contributed by atoms with van der Waals surface area (Å²) in [6, 6.07) is 15.6. The van der Waals surface area contributed by atoms with Crippen LogP contribution in [0.15, 0.2) is 54.6 Å². The quantitative estimate of drug-likeness (QED) is 0.704. The molecule has 0 aromatic heterocycles. The number of benzene rings is 3. The van der Waals surface area contributed by atoms with E-state index in [9.17, 15) is 9.50 Å². The molecule has 3 aromatic rings. The van der Waals surface area contributed by atoms with Gasteiger partial charge in [0.1, 0.15) is 11.9 Å². The molecule has 0 spiro atoms. The van der Waals surface area contributed by atoms with Crippen molar-refractivity contribution >= 4 is 22.4 Å². The van der Waals surface area contributed by atoms with Crippen LogP contribution in [0.5, 0.6) is 0 Å². The summed E-state index contributed by atoms with van der Waals surface area (Å²) in [5.74, 6) is -0.295. The molecule has 0 aliphatic carbocycles. The van der Waals surface area contributed by atoms with Gasteiger partial charge in [0.2, 0.25) is 0 Å². The molecular formula is C18H14ClFO. The van der Waals surface area contributed by atoms with E-state index in [1.54, 1.807) is 30.3 Å². The molecule has 0 aliphatic heterocycles. The summed E-state index contributed by atoms with van der Waals surface area (Å²) < 4.78 is 13.9. The van der Waals surface area contributed by atoms with Gasteiger partial charge in [0.25, 0.3) is 0 Å². The van der Waals surface area contributed by atoms with Crippen LogP contribution in [0, 0.1) is 12.7 Å². The van der Waals surface area contributed by atoms with E-state index in [4.69, 9.17) is 11.6 Å². The SMILES string of the molecule is Cc1ccc(C(O)c2ccc(F)c3ccccc23)c(Cl)c1. The van der Waals surface area contributed by atoms with Crippen LogP contribution < -0.4 is 0 Å². The smallest absolute Gasteiger partial charge is 0.131 e. The monoisotopic (exact) mass is 300 g/mol. The van der Waals surface area contributed by atoms with E-state index in [0.717, 1.165) is 5.56 Å². The second-order valence-electron chi connectivity index (χ2n) is 5.11. The summed E-state index contributed by atoms with van der Waals surface area (Å²) in [6.45, 7) is 1.94. The zero-order valence-electron chi connectivity index (χ0n) is 11.5. The molecule has 0 fully saturated rings. The summed E-state index contributed by atoms with van der Waals surface area (Å²) in [5.41, 5.74) is 2.30. The van der Waals surface area contributed by atoms with Crippen LogP contribution in [0.1, 0.15) is 22.8 Å². The van der Waals surface area contributed by atoms with Gasteiger partial charge in [0.15, 0.2) is 0 Å². The minimum Gasteiger partial charge on any atom is -0.384 e. The first-order chi connectivity index (χ1) is 10.1. The van der Waals surface area contributed by atoms with Gasteiger partial charge in [-0.2, -0.15) is 0 Å².